The van der Waals surface area contributed by atoms with Crippen LogP contribution in [-0.2, 0) is 6.42 Å². The molecule has 1 amide bonds. The quantitative estimate of drug-likeness (QED) is 0.868. The first-order chi connectivity index (χ1) is 10.7. The minimum absolute atomic E-state index is 0.104. The Labute approximate surface area is 131 Å². The fraction of sp³-hybridized carbons (Fsp3) is 0.412. The van der Waals surface area contributed by atoms with Crippen molar-refractivity contribution in [2.75, 3.05) is 33.2 Å². The van der Waals surface area contributed by atoms with Crippen LogP contribution in [0.5, 0.6) is 0 Å². The molecule has 1 aromatic carbocycles. The Morgan fingerprint density at radius 3 is 2.45 bits per heavy atom. The predicted molar refractivity (Wildman–Crippen MR) is 86.3 cm³/mol. The summed E-state index contributed by atoms with van der Waals surface area (Å²) in [6.07, 6.45) is 2.50. The monoisotopic (exact) mass is 298 g/mol. The number of carbonyl (C=O) groups is 1. The normalized spacial score (nSPS) is 16.0. The Balaban J connectivity index is 1.88. The van der Waals surface area contributed by atoms with Crippen molar-refractivity contribution in [2.24, 2.45) is 0 Å². The number of amides is 1. The molecule has 1 fully saturated rings. The molecule has 0 bridgehead atoms. The van der Waals surface area contributed by atoms with Gasteiger partial charge in [0.25, 0.3) is 5.91 Å². The number of hydrogen-bond donors (Lipinski definition) is 0. The zero-order valence-electron chi connectivity index (χ0n) is 13.2. The van der Waals surface area contributed by atoms with Crippen molar-refractivity contribution in [1.29, 1.82) is 0 Å². The summed E-state index contributed by atoms with van der Waals surface area (Å²) in [6, 6.07) is 9.97. The topological polar surface area (TPSA) is 41.4 Å². The van der Waals surface area contributed by atoms with Crippen LogP contribution in [0.2, 0.25) is 0 Å². The Morgan fingerprint density at radius 2 is 1.82 bits per heavy atom. The molecular weight excluding hydrogens is 276 g/mol. The van der Waals surface area contributed by atoms with Crippen molar-refractivity contribution in [3.8, 4) is 5.69 Å². The van der Waals surface area contributed by atoms with Crippen LogP contribution < -0.4 is 0 Å². The number of benzene rings is 1. The molecule has 116 valence electrons. The first-order valence-electron chi connectivity index (χ1n) is 7.81. The van der Waals surface area contributed by atoms with E-state index in [0.29, 0.717) is 0 Å². The maximum atomic E-state index is 12.8. The van der Waals surface area contributed by atoms with Crippen LogP contribution in [0.4, 0.5) is 0 Å². The third kappa shape index (κ3) is 2.76. The third-order valence-electron chi connectivity index (χ3n) is 4.23. The maximum Gasteiger partial charge on any atom is 0.257 e. The van der Waals surface area contributed by atoms with Crippen molar-refractivity contribution >= 4 is 5.91 Å². The molecule has 0 radical (unpaired) electrons. The molecule has 0 spiro atoms. The maximum absolute atomic E-state index is 12.8. The number of rotatable bonds is 3. The molecule has 5 nitrogen and oxygen atoms in total. The van der Waals surface area contributed by atoms with Gasteiger partial charge in [0.05, 0.1) is 23.1 Å². The number of para-hydroxylation sites is 1. The van der Waals surface area contributed by atoms with Gasteiger partial charge in [-0.1, -0.05) is 25.1 Å². The molecule has 3 rings (SSSR count). The molecule has 0 atom stereocenters. The van der Waals surface area contributed by atoms with Gasteiger partial charge in [0.2, 0.25) is 0 Å². The van der Waals surface area contributed by atoms with E-state index in [4.69, 9.17) is 0 Å². The van der Waals surface area contributed by atoms with Gasteiger partial charge in [0.15, 0.2) is 0 Å². The number of hydrogen-bond acceptors (Lipinski definition) is 3. The lowest BCUT2D eigenvalue weighted by Crippen LogP contribution is -2.47. The van der Waals surface area contributed by atoms with Crippen molar-refractivity contribution < 1.29 is 4.79 Å². The highest BCUT2D eigenvalue weighted by Crippen LogP contribution is 2.18. The smallest absolute Gasteiger partial charge is 0.257 e. The standard InChI is InChI=1S/C17H22N4O/c1-3-16-15(17(22)20-11-9-19(2)10-12-20)13-18-21(16)14-7-5-4-6-8-14/h4-8,13H,3,9-12H2,1-2H3. The lowest BCUT2D eigenvalue weighted by Gasteiger charge is -2.32. The van der Waals surface area contributed by atoms with Gasteiger partial charge in [0.1, 0.15) is 0 Å². The second-order valence-electron chi connectivity index (χ2n) is 5.70. The van der Waals surface area contributed by atoms with Crippen molar-refractivity contribution in [3.05, 3.63) is 47.8 Å². The van der Waals surface area contributed by atoms with Crippen LogP contribution in [0, 0.1) is 0 Å². The summed E-state index contributed by atoms with van der Waals surface area (Å²) >= 11 is 0. The predicted octanol–water partition coefficient (Wildman–Crippen LogP) is 1.82. The Hall–Kier alpha value is -2.14. The van der Waals surface area contributed by atoms with Crippen molar-refractivity contribution in [1.82, 2.24) is 19.6 Å². The average molecular weight is 298 g/mol. The second kappa shape index (κ2) is 6.32. The molecule has 5 heteroatoms. The van der Waals surface area contributed by atoms with E-state index in [2.05, 4.69) is 24.0 Å². The van der Waals surface area contributed by atoms with Crippen LogP contribution in [0.15, 0.2) is 36.5 Å². The highest BCUT2D eigenvalue weighted by atomic mass is 16.2. The molecule has 1 aliphatic heterocycles. The van der Waals surface area contributed by atoms with E-state index in [0.717, 1.165) is 49.5 Å². The van der Waals surface area contributed by atoms with Gasteiger partial charge < -0.3 is 9.80 Å². The van der Waals surface area contributed by atoms with Crippen LogP contribution in [0.3, 0.4) is 0 Å². The number of aromatic nitrogens is 2. The highest BCUT2D eigenvalue weighted by molar-refractivity contribution is 5.95. The summed E-state index contributed by atoms with van der Waals surface area (Å²) in [7, 11) is 2.09. The summed E-state index contributed by atoms with van der Waals surface area (Å²) in [5.74, 6) is 0.104. The van der Waals surface area contributed by atoms with Crippen LogP contribution >= 0.6 is 0 Å². The molecular formula is C17H22N4O. The largest absolute Gasteiger partial charge is 0.336 e. The average Bonchev–Trinajstić information content (AvgIpc) is 2.99. The van der Waals surface area contributed by atoms with E-state index in [1.54, 1.807) is 6.20 Å². The van der Waals surface area contributed by atoms with Crippen LogP contribution in [-0.4, -0.2) is 58.7 Å². The number of piperazine rings is 1. The highest BCUT2D eigenvalue weighted by Gasteiger charge is 2.24. The summed E-state index contributed by atoms with van der Waals surface area (Å²) in [5, 5.41) is 4.45. The van der Waals surface area contributed by atoms with E-state index in [9.17, 15) is 4.79 Å². The minimum atomic E-state index is 0.104. The number of nitrogens with zero attached hydrogens (tertiary/aromatic N) is 4. The van der Waals surface area contributed by atoms with Gasteiger partial charge in [-0.3, -0.25) is 4.79 Å². The van der Waals surface area contributed by atoms with Gasteiger partial charge in [-0.25, -0.2) is 4.68 Å². The molecule has 0 saturated carbocycles. The third-order valence-corrected chi connectivity index (χ3v) is 4.23. The number of carbonyl (C=O) groups excluding carboxylic acids is 1. The van der Waals surface area contributed by atoms with Crippen LogP contribution in [0.25, 0.3) is 5.69 Å². The van der Waals surface area contributed by atoms with Gasteiger partial charge >= 0.3 is 0 Å². The molecule has 2 aromatic rings. The molecule has 0 unspecified atom stereocenters. The number of likely N-dealkylation sites (N-methyl/N-ethyl adjacent to an activating group) is 1. The van der Waals surface area contributed by atoms with Gasteiger partial charge in [-0.15, -0.1) is 0 Å². The van der Waals surface area contributed by atoms with E-state index in [-0.39, 0.29) is 5.91 Å². The van der Waals surface area contributed by atoms with Gasteiger partial charge in [-0.2, -0.15) is 5.10 Å². The summed E-state index contributed by atoms with van der Waals surface area (Å²) < 4.78 is 1.88. The lowest BCUT2D eigenvalue weighted by atomic mass is 10.1. The lowest BCUT2D eigenvalue weighted by molar-refractivity contribution is 0.0663. The second-order valence-corrected chi connectivity index (χ2v) is 5.70. The zero-order valence-corrected chi connectivity index (χ0v) is 13.2. The summed E-state index contributed by atoms with van der Waals surface area (Å²) in [6.45, 7) is 5.50. The van der Waals surface area contributed by atoms with Gasteiger partial charge in [-0.05, 0) is 25.6 Å². The molecule has 2 heterocycles. The first kappa shape index (κ1) is 14.8. The fourth-order valence-electron chi connectivity index (χ4n) is 2.86. The fourth-order valence-corrected chi connectivity index (χ4v) is 2.86. The van der Waals surface area contributed by atoms with Crippen LogP contribution in [0.1, 0.15) is 23.0 Å². The Morgan fingerprint density at radius 1 is 1.14 bits per heavy atom. The molecule has 22 heavy (non-hydrogen) atoms. The zero-order chi connectivity index (χ0) is 15.5. The molecule has 1 saturated heterocycles. The van der Waals surface area contributed by atoms with E-state index >= 15 is 0 Å². The van der Waals surface area contributed by atoms with Gasteiger partial charge in [0, 0.05) is 26.2 Å². The first-order valence-corrected chi connectivity index (χ1v) is 7.81. The Bertz CT molecular complexity index is 642. The van der Waals surface area contributed by atoms with E-state index in [1.807, 2.05) is 39.9 Å². The molecule has 1 aromatic heterocycles. The Kier molecular flexibility index (Phi) is 4.24. The van der Waals surface area contributed by atoms with Crippen molar-refractivity contribution in [3.63, 3.8) is 0 Å². The van der Waals surface area contributed by atoms with Crippen molar-refractivity contribution in [2.45, 2.75) is 13.3 Å². The summed E-state index contributed by atoms with van der Waals surface area (Å²) in [4.78, 5) is 17.0. The van der Waals surface area contributed by atoms with E-state index < -0.39 is 0 Å². The van der Waals surface area contributed by atoms with E-state index in [1.165, 1.54) is 0 Å². The minimum Gasteiger partial charge on any atom is -0.336 e. The molecule has 0 aliphatic carbocycles. The molecule has 0 N–H and O–H groups in total. The molecule has 1 aliphatic rings. The summed E-state index contributed by atoms with van der Waals surface area (Å²) in [5.41, 5.74) is 2.71. The SMILES string of the molecule is CCc1c(C(=O)N2CCN(C)CC2)cnn1-c1ccccc1.